The van der Waals surface area contributed by atoms with E-state index in [1.54, 1.807) is 19.3 Å². The molecule has 0 aliphatic heterocycles. The number of nitrogens with one attached hydrogen (secondary N) is 2. The molecule has 0 amide bonds. The number of nitrogens with zero attached hydrogens (tertiary/aromatic N) is 4. The lowest BCUT2D eigenvalue weighted by Gasteiger charge is -2.43. The first-order valence-corrected chi connectivity index (χ1v) is 9.13. The van der Waals surface area contributed by atoms with Crippen molar-refractivity contribution >= 4 is 16.9 Å². The van der Waals surface area contributed by atoms with Crippen molar-refractivity contribution in [2.75, 3.05) is 0 Å². The molecule has 136 valence electrons. The molecule has 7 heteroatoms. The van der Waals surface area contributed by atoms with Crippen LogP contribution in [-0.4, -0.2) is 31.9 Å². The molecule has 2 N–H and O–H groups in total. The highest BCUT2D eigenvalue weighted by Gasteiger charge is 2.35. The van der Waals surface area contributed by atoms with E-state index in [2.05, 4.69) is 37.1 Å². The lowest BCUT2D eigenvalue weighted by Crippen LogP contribution is -2.44. The zero-order valence-electron chi connectivity index (χ0n) is 14.9. The SMILES string of the molecule is C=C(NC1CC2CCC1CC2)/C(F)=C\N=C(C)c1[nH]nc2nccnc12. The van der Waals surface area contributed by atoms with E-state index in [1.807, 2.05) is 0 Å². The summed E-state index contributed by atoms with van der Waals surface area (Å²) in [7, 11) is 0. The van der Waals surface area contributed by atoms with Crippen LogP contribution in [0.25, 0.3) is 11.2 Å². The molecule has 1 atom stereocenters. The van der Waals surface area contributed by atoms with Gasteiger partial charge in [-0.1, -0.05) is 19.4 Å². The summed E-state index contributed by atoms with van der Waals surface area (Å²) in [6.45, 7) is 5.64. The maximum atomic E-state index is 14.4. The number of rotatable bonds is 5. The molecule has 26 heavy (non-hydrogen) atoms. The van der Waals surface area contributed by atoms with Crippen LogP contribution in [0, 0.1) is 11.8 Å². The van der Waals surface area contributed by atoms with Gasteiger partial charge in [0.2, 0.25) is 0 Å². The minimum atomic E-state index is -0.444. The first-order valence-electron chi connectivity index (χ1n) is 9.13. The van der Waals surface area contributed by atoms with Gasteiger partial charge in [-0.15, -0.1) is 0 Å². The van der Waals surface area contributed by atoms with Crippen molar-refractivity contribution in [1.82, 2.24) is 25.5 Å². The number of aromatic nitrogens is 4. The topological polar surface area (TPSA) is 78.9 Å². The number of H-pyrrole nitrogens is 1. The van der Waals surface area contributed by atoms with Crippen LogP contribution in [0.15, 0.2) is 41.7 Å². The number of fused-ring (bicyclic) bond motifs is 4. The van der Waals surface area contributed by atoms with Crippen molar-refractivity contribution in [3.05, 3.63) is 42.4 Å². The average Bonchev–Trinajstić information content (AvgIpc) is 3.11. The molecule has 3 saturated carbocycles. The molecule has 0 aromatic carbocycles. The molecule has 1 unspecified atom stereocenters. The monoisotopic (exact) mass is 354 g/mol. The molecule has 3 aliphatic rings. The molecule has 0 saturated heterocycles. The van der Waals surface area contributed by atoms with Crippen LogP contribution in [0.1, 0.15) is 44.7 Å². The van der Waals surface area contributed by atoms with E-state index in [-0.39, 0.29) is 0 Å². The predicted molar refractivity (Wildman–Crippen MR) is 99.2 cm³/mol. The lowest BCUT2D eigenvalue weighted by atomic mass is 9.68. The zero-order chi connectivity index (χ0) is 18.1. The van der Waals surface area contributed by atoms with E-state index in [1.165, 1.54) is 31.9 Å². The normalized spacial score (nSPS) is 26.3. The Bertz CT molecular complexity index is 875. The van der Waals surface area contributed by atoms with E-state index < -0.39 is 5.83 Å². The lowest BCUT2D eigenvalue weighted by molar-refractivity contribution is 0.130. The fourth-order valence-electron chi connectivity index (χ4n) is 4.15. The Balaban J connectivity index is 1.45. The van der Waals surface area contributed by atoms with E-state index in [0.29, 0.717) is 40.2 Å². The van der Waals surface area contributed by atoms with Crippen molar-refractivity contribution in [3.8, 4) is 0 Å². The molecule has 3 fully saturated rings. The molecular formula is C19H23FN6. The molecule has 3 aliphatic carbocycles. The number of allylic oxidation sites excluding steroid dienone is 1. The minimum absolute atomic E-state index is 0.313. The summed E-state index contributed by atoms with van der Waals surface area (Å²) < 4.78 is 14.4. The second-order valence-electron chi connectivity index (χ2n) is 7.26. The molecule has 2 aromatic rings. The summed E-state index contributed by atoms with van der Waals surface area (Å²) >= 11 is 0. The maximum Gasteiger partial charge on any atom is 0.200 e. The van der Waals surface area contributed by atoms with E-state index >= 15 is 0 Å². The average molecular weight is 354 g/mol. The Kier molecular flexibility index (Phi) is 4.53. The van der Waals surface area contributed by atoms with Gasteiger partial charge in [-0.05, 0) is 38.0 Å². The van der Waals surface area contributed by atoms with Crippen molar-refractivity contribution in [2.24, 2.45) is 16.8 Å². The van der Waals surface area contributed by atoms with Crippen molar-refractivity contribution in [1.29, 1.82) is 0 Å². The Morgan fingerprint density at radius 2 is 2.08 bits per heavy atom. The molecule has 2 bridgehead atoms. The Morgan fingerprint density at radius 1 is 1.31 bits per heavy atom. The molecule has 6 nitrogen and oxygen atoms in total. The maximum absolute atomic E-state index is 14.4. The van der Waals surface area contributed by atoms with E-state index in [0.717, 1.165) is 12.3 Å². The van der Waals surface area contributed by atoms with Gasteiger partial charge >= 0.3 is 0 Å². The largest absolute Gasteiger partial charge is 0.380 e. The van der Waals surface area contributed by atoms with Crippen LogP contribution in [-0.2, 0) is 0 Å². The third-order valence-electron chi connectivity index (χ3n) is 5.62. The zero-order valence-corrected chi connectivity index (χ0v) is 14.9. The standard InChI is InChI=1S/C19H23FN6/c1-11(24-16-9-13-3-5-14(16)6-4-13)15(20)10-23-12(2)17-18-19(26-25-17)22-8-7-21-18/h7-8,10,13-14,16,24H,1,3-6,9H2,2H3,(H,22,25,26)/b15-10+,23-12?. The highest BCUT2D eigenvalue weighted by atomic mass is 19.1. The van der Waals surface area contributed by atoms with Gasteiger partial charge in [-0.2, -0.15) is 5.10 Å². The van der Waals surface area contributed by atoms with Gasteiger partial charge in [0.1, 0.15) is 11.2 Å². The van der Waals surface area contributed by atoms with Gasteiger partial charge in [-0.25, -0.2) is 14.4 Å². The summed E-state index contributed by atoms with van der Waals surface area (Å²) in [5.74, 6) is 0.984. The smallest absolute Gasteiger partial charge is 0.200 e. The summed E-state index contributed by atoms with van der Waals surface area (Å²) in [4.78, 5) is 12.6. The van der Waals surface area contributed by atoms with Gasteiger partial charge in [0.15, 0.2) is 11.5 Å². The third kappa shape index (κ3) is 3.25. The van der Waals surface area contributed by atoms with Gasteiger partial charge in [0, 0.05) is 18.4 Å². The number of aliphatic imine (C=N–C) groups is 1. The van der Waals surface area contributed by atoms with Gasteiger partial charge in [0.25, 0.3) is 0 Å². The summed E-state index contributed by atoms with van der Waals surface area (Å²) in [5, 5.41) is 10.2. The van der Waals surface area contributed by atoms with Crippen molar-refractivity contribution in [2.45, 2.75) is 45.1 Å². The molecule has 2 heterocycles. The minimum Gasteiger partial charge on any atom is -0.380 e. The van der Waals surface area contributed by atoms with Crippen LogP contribution in [0.3, 0.4) is 0 Å². The summed E-state index contributed by atoms with van der Waals surface area (Å²) in [6.07, 6.45) is 10.6. The molecular weight excluding hydrogens is 331 g/mol. The molecule has 0 spiro atoms. The Morgan fingerprint density at radius 3 is 2.81 bits per heavy atom. The highest BCUT2D eigenvalue weighted by molar-refractivity contribution is 6.05. The van der Waals surface area contributed by atoms with E-state index in [9.17, 15) is 4.39 Å². The quantitative estimate of drug-likeness (QED) is 0.634. The number of hydrogen-bond donors (Lipinski definition) is 2. The predicted octanol–water partition coefficient (Wildman–Crippen LogP) is 3.65. The summed E-state index contributed by atoms with van der Waals surface area (Å²) in [6, 6.07) is 0.339. The first kappa shape index (κ1) is 16.9. The van der Waals surface area contributed by atoms with Crippen molar-refractivity contribution < 1.29 is 4.39 Å². The first-order chi connectivity index (χ1) is 12.6. The molecule has 2 aromatic heterocycles. The number of hydrogen-bond acceptors (Lipinski definition) is 5. The Labute approximate surface area is 151 Å². The number of halogens is 1. The van der Waals surface area contributed by atoms with Crippen LogP contribution >= 0.6 is 0 Å². The third-order valence-corrected chi connectivity index (χ3v) is 5.62. The van der Waals surface area contributed by atoms with Crippen LogP contribution in [0.2, 0.25) is 0 Å². The second kappa shape index (κ2) is 6.97. The molecule has 5 rings (SSSR count). The highest BCUT2D eigenvalue weighted by Crippen LogP contribution is 2.41. The molecule has 0 radical (unpaired) electrons. The summed E-state index contributed by atoms with van der Waals surface area (Å²) in [5.41, 5.74) is 2.68. The van der Waals surface area contributed by atoms with Crippen LogP contribution < -0.4 is 5.32 Å². The number of aromatic amines is 1. The van der Waals surface area contributed by atoms with Crippen LogP contribution in [0.4, 0.5) is 4.39 Å². The van der Waals surface area contributed by atoms with Crippen molar-refractivity contribution in [3.63, 3.8) is 0 Å². The fraction of sp³-hybridized carbons (Fsp3) is 0.474. The second-order valence-corrected chi connectivity index (χ2v) is 7.26. The van der Waals surface area contributed by atoms with Gasteiger partial charge in [0.05, 0.1) is 17.6 Å². The van der Waals surface area contributed by atoms with Crippen LogP contribution in [0.5, 0.6) is 0 Å². The van der Waals surface area contributed by atoms with Gasteiger partial charge in [-0.3, -0.25) is 10.1 Å². The Hall–Kier alpha value is -2.57. The van der Waals surface area contributed by atoms with Gasteiger partial charge < -0.3 is 5.32 Å². The fourth-order valence-corrected chi connectivity index (χ4v) is 4.15. The van der Waals surface area contributed by atoms with E-state index in [4.69, 9.17) is 0 Å².